The van der Waals surface area contributed by atoms with Crippen LogP contribution in [0.3, 0.4) is 0 Å². The molecule has 1 amide bonds. The number of hydrogen-bond donors (Lipinski definition) is 1. The summed E-state index contributed by atoms with van der Waals surface area (Å²) in [5, 5.41) is 4.00. The normalized spacial score (nSPS) is 17.0. The molecule has 0 unspecified atom stereocenters. The Morgan fingerprint density at radius 2 is 2.38 bits per heavy atom. The van der Waals surface area contributed by atoms with E-state index in [0.29, 0.717) is 0 Å². The number of carbonyl (C=O) groups excluding carboxylic acids is 1. The molecule has 16 heavy (non-hydrogen) atoms. The van der Waals surface area contributed by atoms with E-state index < -0.39 is 0 Å². The molecular formula is C11H11FN2OS. The summed E-state index contributed by atoms with van der Waals surface area (Å²) in [4.78, 5) is 11.8. The average molecular weight is 238 g/mol. The number of rotatable bonds is 1. The predicted octanol–water partition coefficient (Wildman–Crippen LogP) is 2.16. The third-order valence-corrected chi connectivity index (χ3v) is 3.27. The Balaban J connectivity index is 2.35. The van der Waals surface area contributed by atoms with Gasteiger partial charge >= 0.3 is 0 Å². The van der Waals surface area contributed by atoms with Gasteiger partial charge < -0.3 is 0 Å². The summed E-state index contributed by atoms with van der Waals surface area (Å²) in [5.74, 6) is 0.400. The number of hydrogen-bond acceptors (Lipinski definition) is 3. The molecule has 1 aliphatic heterocycles. The number of thioether (sulfide) groups is 1. The van der Waals surface area contributed by atoms with E-state index in [2.05, 4.69) is 10.5 Å². The Bertz CT molecular complexity index is 459. The number of nitrogens with one attached hydrogen (secondary N) is 1. The summed E-state index contributed by atoms with van der Waals surface area (Å²) in [6, 6.07) is 4.65. The summed E-state index contributed by atoms with van der Waals surface area (Å²) in [6.45, 7) is 1.40. The van der Waals surface area contributed by atoms with Crippen molar-refractivity contribution in [2.75, 3.05) is 5.75 Å². The van der Waals surface area contributed by atoms with Crippen LogP contribution in [0.2, 0.25) is 0 Å². The molecule has 1 N–H and O–H groups in total. The largest absolute Gasteiger partial charge is 0.274 e. The lowest BCUT2D eigenvalue weighted by Crippen LogP contribution is -2.19. The number of halogens is 1. The molecule has 1 heterocycles. The molecule has 0 atom stereocenters. The van der Waals surface area contributed by atoms with Crippen LogP contribution in [0.15, 0.2) is 28.2 Å². The lowest BCUT2D eigenvalue weighted by atomic mass is 10.1. The van der Waals surface area contributed by atoms with E-state index >= 15 is 0 Å². The molecule has 5 heteroatoms. The first-order valence-corrected chi connectivity index (χ1v) is 5.91. The van der Waals surface area contributed by atoms with E-state index in [-0.39, 0.29) is 11.7 Å². The standard InChI is InChI=1S/C11H11FN2OS/c1-7(15)13-14-10-4-5-16-11-3-2-8(12)6-9(10)11/h2-3,6H,4-5H2,1H3,(H,13,15)/b14-10-. The van der Waals surface area contributed by atoms with Crippen LogP contribution >= 0.6 is 11.8 Å². The number of fused-ring (bicyclic) bond motifs is 1. The molecule has 0 saturated heterocycles. The molecule has 1 aromatic carbocycles. The van der Waals surface area contributed by atoms with E-state index in [9.17, 15) is 9.18 Å². The highest BCUT2D eigenvalue weighted by molar-refractivity contribution is 7.99. The van der Waals surface area contributed by atoms with Crippen molar-refractivity contribution in [3.63, 3.8) is 0 Å². The van der Waals surface area contributed by atoms with Gasteiger partial charge in [0.05, 0.1) is 5.71 Å². The highest BCUT2D eigenvalue weighted by Gasteiger charge is 2.16. The van der Waals surface area contributed by atoms with Gasteiger partial charge in [-0.05, 0) is 18.2 Å². The number of carbonyl (C=O) groups is 1. The number of nitrogens with zero attached hydrogens (tertiary/aromatic N) is 1. The Hall–Kier alpha value is -1.36. The first kappa shape index (κ1) is 11.1. The maximum Gasteiger partial charge on any atom is 0.236 e. The summed E-state index contributed by atoms with van der Waals surface area (Å²) in [6.07, 6.45) is 0.738. The molecule has 2 rings (SSSR count). The van der Waals surface area contributed by atoms with Gasteiger partial charge in [0, 0.05) is 29.6 Å². The summed E-state index contributed by atoms with van der Waals surface area (Å²) in [5.41, 5.74) is 3.91. The monoisotopic (exact) mass is 238 g/mol. The fourth-order valence-electron chi connectivity index (χ4n) is 1.51. The fourth-order valence-corrected chi connectivity index (χ4v) is 2.52. The van der Waals surface area contributed by atoms with Crippen LogP contribution in [-0.4, -0.2) is 17.4 Å². The third-order valence-electron chi connectivity index (χ3n) is 2.20. The topological polar surface area (TPSA) is 41.5 Å². The van der Waals surface area contributed by atoms with Crippen LogP contribution < -0.4 is 5.43 Å². The minimum absolute atomic E-state index is 0.219. The van der Waals surface area contributed by atoms with Crippen LogP contribution in [0.5, 0.6) is 0 Å². The van der Waals surface area contributed by atoms with Gasteiger partial charge in [0.25, 0.3) is 0 Å². The second-order valence-electron chi connectivity index (χ2n) is 3.47. The Kier molecular flexibility index (Phi) is 3.24. The minimum Gasteiger partial charge on any atom is -0.274 e. The summed E-state index contributed by atoms with van der Waals surface area (Å²) in [7, 11) is 0. The van der Waals surface area contributed by atoms with E-state index in [1.807, 2.05) is 0 Å². The molecule has 3 nitrogen and oxygen atoms in total. The Morgan fingerprint density at radius 3 is 3.12 bits per heavy atom. The van der Waals surface area contributed by atoms with Gasteiger partial charge in [-0.2, -0.15) is 5.10 Å². The molecule has 0 spiro atoms. The first-order valence-electron chi connectivity index (χ1n) is 4.92. The van der Waals surface area contributed by atoms with Crippen LogP contribution in [0, 0.1) is 5.82 Å². The molecule has 84 valence electrons. The molecule has 0 bridgehead atoms. The van der Waals surface area contributed by atoms with Crippen LogP contribution in [0.25, 0.3) is 0 Å². The van der Waals surface area contributed by atoms with Gasteiger partial charge in [0.1, 0.15) is 5.82 Å². The maximum absolute atomic E-state index is 13.1. The van der Waals surface area contributed by atoms with Gasteiger partial charge in [-0.15, -0.1) is 11.8 Å². The summed E-state index contributed by atoms with van der Waals surface area (Å²) >= 11 is 1.68. The van der Waals surface area contributed by atoms with Gasteiger partial charge in [0.15, 0.2) is 0 Å². The Morgan fingerprint density at radius 1 is 1.56 bits per heavy atom. The predicted molar refractivity (Wildman–Crippen MR) is 62.1 cm³/mol. The lowest BCUT2D eigenvalue weighted by molar-refractivity contribution is -0.118. The lowest BCUT2D eigenvalue weighted by Gasteiger charge is -2.16. The second kappa shape index (κ2) is 4.65. The highest BCUT2D eigenvalue weighted by atomic mass is 32.2. The van der Waals surface area contributed by atoms with Gasteiger partial charge in [0.2, 0.25) is 5.91 Å². The quantitative estimate of drug-likeness (QED) is 0.762. The SMILES string of the molecule is CC(=O)N/N=C1/CCSc2ccc(F)cc21. The zero-order valence-corrected chi connectivity index (χ0v) is 9.60. The van der Waals surface area contributed by atoms with Crippen molar-refractivity contribution in [1.29, 1.82) is 0 Å². The molecule has 0 fully saturated rings. The van der Waals surface area contributed by atoms with Crippen LogP contribution in [0.1, 0.15) is 18.9 Å². The highest BCUT2D eigenvalue weighted by Crippen LogP contribution is 2.30. The third kappa shape index (κ3) is 2.41. The van der Waals surface area contributed by atoms with Crippen LogP contribution in [-0.2, 0) is 4.79 Å². The van der Waals surface area contributed by atoms with Crippen molar-refractivity contribution in [2.45, 2.75) is 18.2 Å². The second-order valence-corrected chi connectivity index (χ2v) is 4.60. The van der Waals surface area contributed by atoms with Gasteiger partial charge in [-0.3, -0.25) is 4.79 Å². The molecule has 0 aromatic heterocycles. The van der Waals surface area contributed by atoms with Crippen molar-refractivity contribution >= 4 is 23.4 Å². The maximum atomic E-state index is 13.1. The smallest absolute Gasteiger partial charge is 0.236 e. The summed E-state index contributed by atoms with van der Waals surface area (Å²) < 4.78 is 13.1. The number of benzene rings is 1. The van der Waals surface area contributed by atoms with Crippen molar-refractivity contribution in [1.82, 2.24) is 5.43 Å². The first-order chi connectivity index (χ1) is 7.66. The minimum atomic E-state index is -0.281. The number of hydrazone groups is 1. The van der Waals surface area contributed by atoms with Crippen molar-refractivity contribution < 1.29 is 9.18 Å². The molecule has 0 saturated carbocycles. The fraction of sp³-hybridized carbons (Fsp3) is 0.273. The zero-order valence-electron chi connectivity index (χ0n) is 8.79. The van der Waals surface area contributed by atoms with Crippen molar-refractivity contribution in [2.24, 2.45) is 5.10 Å². The van der Waals surface area contributed by atoms with E-state index in [0.717, 1.165) is 28.3 Å². The van der Waals surface area contributed by atoms with E-state index in [1.165, 1.54) is 19.1 Å². The van der Waals surface area contributed by atoms with Gasteiger partial charge in [-0.25, -0.2) is 9.82 Å². The Labute approximate surface area is 97.1 Å². The van der Waals surface area contributed by atoms with E-state index in [4.69, 9.17) is 0 Å². The van der Waals surface area contributed by atoms with Crippen molar-refractivity contribution in [3.05, 3.63) is 29.6 Å². The zero-order chi connectivity index (χ0) is 11.5. The molecule has 0 radical (unpaired) electrons. The van der Waals surface area contributed by atoms with E-state index in [1.54, 1.807) is 17.8 Å². The average Bonchev–Trinajstić information content (AvgIpc) is 2.26. The molecular weight excluding hydrogens is 227 g/mol. The molecule has 1 aliphatic rings. The van der Waals surface area contributed by atoms with Gasteiger partial charge in [-0.1, -0.05) is 0 Å². The number of amides is 1. The van der Waals surface area contributed by atoms with Crippen LogP contribution in [0.4, 0.5) is 4.39 Å². The molecule has 1 aromatic rings. The van der Waals surface area contributed by atoms with Crippen molar-refractivity contribution in [3.8, 4) is 0 Å². The molecule has 0 aliphatic carbocycles.